The van der Waals surface area contributed by atoms with Gasteiger partial charge >= 0.3 is 5.97 Å². The summed E-state index contributed by atoms with van der Waals surface area (Å²) in [4.78, 5) is 51.6. The zero-order valence-electron chi connectivity index (χ0n) is 17.9. The molecule has 176 valence electrons. The van der Waals surface area contributed by atoms with Gasteiger partial charge in [-0.25, -0.2) is 0 Å². The fourth-order valence-corrected chi connectivity index (χ4v) is 2.65. The maximum atomic E-state index is 12.4. The fraction of sp³-hybridized carbons (Fsp3) is 0.450. The summed E-state index contributed by atoms with van der Waals surface area (Å²) in [5.74, 6) is -3.15. The van der Waals surface area contributed by atoms with Crippen LogP contribution in [0.3, 0.4) is 0 Å². The van der Waals surface area contributed by atoms with Crippen molar-refractivity contribution >= 4 is 29.7 Å². The number of guanidine groups is 1. The van der Waals surface area contributed by atoms with Gasteiger partial charge in [0.25, 0.3) is 0 Å². The number of carbonyl (C=O) groups is 4. The maximum absolute atomic E-state index is 12.4. The van der Waals surface area contributed by atoms with Gasteiger partial charge in [0.2, 0.25) is 17.7 Å². The highest BCUT2D eigenvalue weighted by atomic mass is 16.4. The average Bonchev–Trinajstić information content (AvgIpc) is 2.74. The highest BCUT2D eigenvalue weighted by Gasteiger charge is 2.24. The van der Waals surface area contributed by atoms with Crippen LogP contribution in [-0.4, -0.2) is 66.0 Å². The normalized spacial score (nSPS) is 13.2. The van der Waals surface area contributed by atoms with E-state index in [1.54, 1.807) is 0 Å². The van der Waals surface area contributed by atoms with E-state index in [1.807, 2.05) is 30.3 Å². The molecule has 12 heteroatoms. The second-order valence-electron chi connectivity index (χ2n) is 7.15. The van der Waals surface area contributed by atoms with Crippen molar-refractivity contribution in [3.63, 3.8) is 0 Å². The summed E-state index contributed by atoms with van der Waals surface area (Å²) in [5, 5.41) is 16.2. The van der Waals surface area contributed by atoms with Gasteiger partial charge in [0.1, 0.15) is 12.1 Å². The first-order chi connectivity index (χ1) is 15.1. The molecule has 0 aliphatic carbocycles. The van der Waals surface area contributed by atoms with E-state index < -0.39 is 48.4 Å². The topological polar surface area (TPSA) is 215 Å². The van der Waals surface area contributed by atoms with Crippen LogP contribution in [0.25, 0.3) is 0 Å². The third-order valence-corrected chi connectivity index (χ3v) is 4.38. The van der Waals surface area contributed by atoms with Crippen molar-refractivity contribution in [3.05, 3.63) is 35.9 Å². The Morgan fingerprint density at radius 1 is 1.06 bits per heavy atom. The van der Waals surface area contributed by atoms with Gasteiger partial charge in [0, 0.05) is 6.54 Å². The number of hydrogen-bond donors (Lipinski definition) is 7. The van der Waals surface area contributed by atoms with Crippen LogP contribution in [0.5, 0.6) is 0 Å². The van der Waals surface area contributed by atoms with Crippen molar-refractivity contribution in [3.8, 4) is 0 Å². The first-order valence-corrected chi connectivity index (χ1v) is 10.0. The SMILES string of the molecule is CC(NC(=O)C(CCCN=C(N)N)NC(=O)CNC(=O)C(N)Cc1ccccc1)C(=O)O. The molecule has 0 aromatic heterocycles. The molecule has 12 nitrogen and oxygen atoms in total. The molecule has 1 aromatic carbocycles. The first kappa shape index (κ1) is 26.4. The number of carboxylic acid groups (broad SMARTS) is 1. The highest BCUT2D eigenvalue weighted by molar-refractivity contribution is 5.92. The maximum Gasteiger partial charge on any atom is 0.325 e. The number of rotatable bonds is 13. The number of carboxylic acids is 1. The number of nitrogens with zero attached hydrogens (tertiary/aromatic N) is 1. The quantitative estimate of drug-likeness (QED) is 0.0993. The monoisotopic (exact) mass is 449 g/mol. The fourth-order valence-electron chi connectivity index (χ4n) is 2.65. The number of hydrogen-bond acceptors (Lipinski definition) is 6. The summed E-state index contributed by atoms with van der Waals surface area (Å²) in [7, 11) is 0. The van der Waals surface area contributed by atoms with E-state index in [-0.39, 0.29) is 18.9 Å². The van der Waals surface area contributed by atoms with Gasteiger partial charge in [-0.05, 0) is 31.7 Å². The van der Waals surface area contributed by atoms with Crippen LogP contribution in [-0.2, 0) is 25.6 Å². The van der Waals surface area contributed by atoms with Crippen molar-refractivity contribution < 1.29 is 24.3 Å². The standard InChI is InChI=1S/C20H31N7O5/c1-12(19(31)32)26-18(30)15(8-5-9-24-20(22)23)27-16(28)11-25-17(29)14(21)10-13-6-3-2-4-7-13/h2-4,6-7,12,14-15H,5,8-11,21H2,1H3,(H,25,29)(H,26,30)(H,27,28)(H,31,32)(H4,22,23,24). The van der Waals surface area contributed by atoms with Crippen molar-refractivity contribution in [2.24, 2.45) is 22.2 Å². The highest BCUT2D eigenvalue weighted by Crippen LogP contribution is 2.02. The molecule has 3 atom stereocenters. The number of carbonyl (C=O) groups excluding carboxylic acids is 3. The minimum Gasteiger partial charge on any atom is -0.480 e. The van der Waals surface area contributed by atoms with E-state index in [1.165, 1.54) is 6.92 Å². The number of benzene rings is 1. The third kappa shape index (κ3) is 10.4. The van der Waals surface area contributed by atoms with Crippen LogP contribution in [0, 0.1) is 0 Å². The lowest BCUT2D eigenvalue weighted by Gasteiger charge is -2.20. The number of nitrogens with one attached hydrogen (secondary N) is 3. The lowest BCUT2D eigenvalue weighted by molar-refractivity contribution is -0.141. The molecular weight excluding hydrogens is 418 g/mol. The number of aliphatic carboxylic acids is 1. The van der Waals surface area contributed by atoms with E-state index in [0.717, 1.165) is 5.56 Å². The summed E-state index contributed by atoms with van der Waals surface area (Å²) in [6, 6.07) is 6.16. The Kier molecular flexibility index (Phi) is 11.2. The van der Waals surface area contributed by atoms with E-state index in [2.05, 4.69) is 20.9 Å². The molecule has 10 N–H and O–H groups in total. The summed E-state index contributed by atoms with van der Waals surface area (Å²) < 4.78 is 0. The van der Waals surface area contributed by atoms with Crippen LogP contribution in [0.4, 0.5) is 0 Å². The second kappa shape index (κ2) is 13.6. The minimum absolute atomic E-state index is 0.107. The van der Waals surface area contributed by atoms with Gasteiger partial charge in [-0.3, -0.25) is 24.2 Å². The van der Waals surface area contributed by atoms with Crippen LogP contribution >= 0.6 is 0 Å². The van der Waals surface area contributed by atoms with Gasteiger partial charge in [-0.1, -0.05) is 30.3 Å². The Morgan fingerprint density at radius 2 is 1.72 bits per heavy atom. The van der Waals surface area contributed by atoms with E-state index in [4.69, 9.17) is 22.3 Å². The Morgan fingerprint density at radius 3 is 2.31 bits per heavy atom. The Hall–Kier alpha value is -3.67. The minimum atomic E-state index is -1.22. The summed E-state index contributed by atoms with van der Waals surface area (Å²) in [6.45, 7) is 1.13. The van der Waals surface area contributed by atoms with Crippen molar-refractivity contribution in [2.45, 2.75) is 44.3 Å². The zero-order chi connectivity index (χ0) is 24.1. The Balaban J connectivity index is 2.60. The smallest absolute Gasteiger partial charge is 0.325 e. The van der Waals surface area contributed by atoms with E-state index in [9.17, 15) is 19.2 Å². The molecule has 32 heavy (non-hydrogen) atoms. The third-order valence-electron chi connectivity index (χ3n) is 4.38. The lowest BCUT2D eigenvalue weighted by atomic mass is 10.1. The average molecular weight is 450 g/mol. The van der Waals surface area contributed by atoms with Gasteiger partial charge in [-0.2, -0.15) is 0 Å². The van der Waals surface area contributed by atoms with Crippen LogP contribution in [0.15, 0.2) is 35.3 Å². The number of nitrogens with two attached hydrogens (primary N) is 3. The van der Waals surface area contributed by atoms with Crippen LogP contribution < -0.4 is 33.2 Å². The number of aliphatic imine (C=N–C) groups is 1. The molecule has 0 saturated carbocycles. The Bertz CT molecular complexity index is 812. The predicted molar refractivity (Wildman–Crippen MR) is 118 cm³/mol. The molecule has 3 unspecified atom stereocenters. The zero-order valence-corrected chi connectivity index (χ0v) is 17.9. The number of amides is 3. The molecule has 0 radical (unpaired) electrons. The molecule has 0 aliphatic rings. The molecule has 0 saturated heterocycles. The van der Waals surface area contributed by atoms with Gasteiger partial charge in [-0.15, -0.1) is 0 Å². The molecule has 0 fully saturated rings. The van der Waals surface area contributed by atoms with Crippen LogP contribution in [0.1, 0.15) is 25.3 Å². The summed E-state index contributed by atoms with van der Waals surface area (Å²) in [5.41, 5.74) is 17.3. The molecular formula is C20H31N7O5. The van der Waals surface area contributed by atoms with Gasteiger partial charge < -0.3 is 38.3 Å². The second-order valence-corrected chi connectivity index (χ2v) is 7.15. The van der Waals surface area contributed by atoms with Crippen molar-refractivity contribution in [1.29, 1.82) is 0 Å². The summed E-state index contributed by atoms with van der Waals surface area (Å²) in [6.07, 6.45) is 0.811. The van der Waals surface area contributed by atoms with Crippen molar-refractivity contribution in [2.75, 3.05) is 13.1 Å². The van der Waals surface area contributed by atoms with Gasteiger partial charge in [0.15, 0.2) is 5.96 Å². The first-order valence-electron chi connectivity index (χ1n) is 10.0. The largest absolute Gasteiger partial charge is 0.480 e. The summed E-state index contributed by atoms with van der Waals surface area (Å²) >= 11 is 0. The molecule has 0 aliphatic heterocycles. The van der Waals surface area contributed by atoms with E-state index in [0.29, 0.717) is 12.8 Å². The molecule has 0 bridgehead atoms. The predicted octanol–water partition coefficient (Wildman–Crippen LogP) is -2.20. The molecule has 0 heterocycles. The molecule has 3 amide bonds. The molecule has 1 rings (SSSR count). The van der Waals surface area contributed by atoms with Crippen molar-refractivity contribution in [1.82, 2.24) is 16.0 Å². The lowest BCUT2D eigenvalue weighted by Crippen LogP contribution is -2.53. The van der Waals surface area contributed by atoms with Gasteiger partial charge in [0.05, 0.1) is 12.6 Å². The Labute approximate surface area is 186 Å². The van der Waals surface area contributed by atoms with E-state index >= 15 is 0 Å². The van der Waals surface area contributed by atoms with Crippen LogP contribution in [0.2, 0.25) is 0 Å². The molecule has 0 spiro atoms. The molecule has 1 aromatic rings.